The third-order valence-corrected chi connectivity index (χ3v) is 3.08. The molecule has 0 aromatic heterocycles. The number of nitrogens with one attached hydrogen (secondary N) is 2. The molecule has 0 fully saturated rings. The Bertz CT molecular complexity index is 463. The summed E-state index contributed by atoms with van der Waals surface area (Å²) >= 11 is 1.71. The van der Waals surface area contributed by atoms with Gasteiger partial charge in [-0.15, -0.1) is 0 Å². The Morgan fingerprint density at radius 2 is 1.75 bits per heavy atom. The van der Waals surface area contributed by atoms with Gasteiger partial charge in [0.1, 0.15) is 11.6 Å². The molecule has 0 aliphatic heterocycles. The largest absolute Gasteiger partial charge is 0.348 e. The Morgan fingerprint density at radius 1 is 1.10 bits per heavy atom. The molecular formula is C13H16F2N2O2S. The SMILES string of the molecule is CSCCCCNC(=O)C(=O)Nc1cc(F)cc(F)c1. The highest BCUT2D eigenvalue weighted by Gasteiger charge is 2.13. The van der Waals surface area contributed by atoms with Gasteiger partial charge in [0, 0.05) is 18.3 Å². The molecule has 1 rings (SSSR count). The number of unbranched alkanes of at least 4 members (excludes halogenated alkanes) is 1. The van der Waals surface area contributed by atoms with Crippen LogP contribution < -0.4 is 10.6 Å². The summed E-state index contributed by atoms with van der Waals surface area (Å²) in [6.07, 6.45) is 3.71. The van der Waals surface area contributed by atoms with Gasteiger partial charge < -0.3 is 10.6 Å². The second kappa shape index (κ2) is 8.52. The first kappa shape index (κ1) is 16.4. The summed E-state index contributed by atoms with van der Waals surface area (Å²) in [6, 6.07) is 2.56. The smallest absolute Gasteiger partial charge is 0.313 e. The van der Waals surface area contributed by atoms with Crippen LogP contribution in [-0.2, 0) is 9.59 Å². The zero-order valence-electron chi connectivity index (χ0n) is 11.0. The molecule has 2 N–H and O–H groups in total. The summed E-state index contributed by atoms with van der Waals surface area (Å²) in [4.78, 5) is 22.9. The lowest BCUT2D eigenvalue weighted by Gasteiger charge is -2.06. The van der Waals surface area contributed by atoms with Crippen molar-refractivity contribution < 1.29 is 18.4 Å². The Labute approximate surface area is 120 Å². The number of hydrogen-bond donors (Lipinski definition) is 2. The minimum Gasteiger partial charge on any atom is -0.348 e. The van der Waals surface area contributed by atoms with Gasteiger partial charge in [-0.2, -0.15) is 11.8 Å². The lowest BCUT2D eigenvalue weighted by atomic mass is 10.3. The minimum absolute atomic E-state index is 0.0926. The van der Waals surface area contributed by atoms with Crippen LogP contribution in [0.25, 0.3) is 0 Å². The van der Waals surface area contributed by atoms with Crippen LogP contribution in [0.5, 0.6) is 0 Å². The van der Waals surface area contributed by atoms with Crippen LogP contribution in [0.1, 0.15) is 12.8 Å². The van der Waals surface area contributed by atoms with E-state index in [1.807, 2.05) is 6.26 Å². The normalized spacial score (nSPS) is 10.2. The molecule has 0 radical (unpaired) electrons. The van der Waals surface area contributed by atoms with Crippen LogP contribution in [0.15, 0.2) is 18.2 Å². The Morgan fingerprint density at radius 3 is 2.35 bits per heavy atom. The summed E-state index contributed by atoms with van der Waals surface area (Å²) in [5.41, 5.74) is -0.0926. The number of benzene rings is 1. The minimum atomic E-state index is -0.945. The molecule has 0 bridgehead atoms. The van der Waals surface area contributed by atoms with E-state index in [9.17, 15) is 18.4 Å². The molecule has 20 heavy (non-hydrogen) atoms. The maximum Gasteiger partial charge on any atom is 0.313 e. The molecule has 4 nitrogen and oxygen atoms in total. The number of anilines is 1. The summed E-state index contributed by atoms with van der Waals surface area (Å²) in [5, 5.41) is 4.58. The molecule has 0 aliphatic rings. The number of carbonyl (C=O) groups is 2. The van der Waals surface area contributed by atoms with E-state index in [1.54, 1.807) is 11.8 Å². The maximum absolute atomic E-state index is 12.9. The van der Waals surface area contributed by atoms with Crippen molar-refractivity contribution in [1.82, 2.24) is 5.32 Å². The Hall–Kier alpha value is -1.63. The van der Waals surface area contributed by atoms with Gasteiger partial charge in [-0.3, -0.25) is 9.59 Å². The molecule has 2 amide bonds. The van der Waals surface area contributed by atoms with Gasteiger partial charge in [-0.1, -0.05) is 0 Å². The Balaban J connectivity index is 2.39. The monoisotopic (exact) mass is 302 g/mol. The van der Waals surface area contributed by atoms with Crippen LogP contribution in [0, 0.1) is 11.6 Å². The second-order valence-corrected chi connectivity index (χ2v) is 5.05. The molecule has 110 valence electrons. The summed E-state index contributed by atoms with van der Waals surface area (Å²) < 4.78 is 25.8. The van der Waals surface area contributed by atoms with E-state index >= 15 is 0 Å². The average Bonchev–Trinajstić information content (AvgIpc) is 2.36. The molecule has 0 atom stereocenters. The predicted octanol–water partition coefficient (Wildman–Crippen LogP) is 2.16. The van der Waals surface area contributed by atoms with Crippen LogP contribution in [0.4, 0.5) is 14.5 Å². The molecule has 0 saturated heterocycles. The lowest BCUT2D eigenvalue weighted by molar-refractivity contribution is -0.136. The highest BCUT2D eigenvalue weighted by molar-refractivity contribution is 7.98. The molecule has 0 heterocycles. The zero-order valence-corrected chi connectivity index (χ0v) is 11.9. The predicted molar refractivity (Wildman–Crippen MR) is 75.6 cm³/mol. The maximum atomic E-state index is 12.9. The number of hydrogen-bond acceptors (Lipinski definition) is 3. The first-order chi connectivity index (χ1) is 9.52. The van der Waals surface area contributed by atoms with Crippen molar-refractivity contribution in [3.8, 4) is 0 Å². The average molecular weight is 302 g/mol. The van der Waals surface area contributed by atoms with Crippen LogP contribution >= 0.6 is 11.8 Å². The van der Waals surface area contributed by atoms with Gasteiger partial charge >= 0.3 is 11.8 Å². The van der Waals surface area contributed by atoms with E-state index in [2.05, 4.69) is 10.6 Å². The Kier molecular flexibility index (Phi) is 7.00. The van der Waals surface area contributed by atoms with Crippen molar-refractivity contribution in [2.75, 3.05) is 23.9 Å². The number of thioether (sulfide) groups is 1. The van der Waals surface area contributed by atoms with E-state index in [1.165, 1.54) is 0 Å². The standard InChI is InChI=1S/C13H16F2N2O2S/c1-20-5-3-2-4-16-12(18)13(19)17-11-7-9(14)6-10(15)8-11/h6-8H,2-5H2,1H3,(H,16,18)(H,17,19). The molecule has 1 aromatic rings. The fourth-order valence-corrected chi connectivity index (χ4v) is 1.96. The highest BCUT2D eigenvalue weighted by atomic mass is 32.2. The first-order valence-electron chi connectivity index (χ1n) is 6.07. The number of rotatable bonds is 6. The third kappa shape index (κ3) is 6.01. The van der Waals surface area contributed by atoms with Crippen molar-refractivity contribution in [2.45, 2.75) is 12.8 Å². The summed E-state index contributed by atoms with van der Waals surface area (Å²) in [7, 11) is 0. The fourth-order valence-electron chi connectivity index (χ4n) is 1.47. The van der Waals surface area contributed by atoms with Crippen molar-refractivity contribution in [1.29, 1.82) is 0 Å². The second-order valence-electron chi connectivity index (χ2n) is 4.07. The van der Waals surface area contributed by atoms with Gasteiger partial charge in [0.25, 0.3) is 0 Å². The van der Waals surface area contributed by atoms with Crippen LogP contribution in [0.3, 0.4) is 0 Å². The van der Waals surface area contributed by atoms with E-state index in [-0.39, 0.29) is 5.69 Å². The van der Waals surface area contributed by atoms with Gasteiger partial charge in [-0.05, 0) is 37.0 Å². The molecule has 1 aromatic carbocycles. The third-order valence-electron chi connectivity index (χ3n) is 2.39. The van der Waals surface area contributed by atoms with Crippen molar-refractivity contribution in [3.05, 3.63) is 29.8 Å². The van der Waals surface area contributed by atoms with Crippen LogP contribution in [0.2, 0.25) is 0 Å². The van der Waals surface area contributed by atoms with Crippen molar-refractivity contribution >= 4 is 29.3 Å². The van der Waals surface area contributed by atoms with E-state index in [0.717, 1.165) is 30.7 Å². The molecular weight excluding hydrogens is 286 g/mol. The van der Waals surface area contributed by atoms with Crippen LogP contribution in [-0.4, -0.2) is 30.4 Å². The summed E-state index contributed by atoms with van der Waals surface area (Å²) in [6.45, 7) is 0.393. The quantitative estimate of drug-likeness (QED) is 0.625. The van der Waals surface area contributed by atoms with Gasteiger partial charge in [0.05, 0.1) is 0 Å². The summed E-state index contributed by atoms with van der Waals surface area (Å²) in [5.74, 6) is -2.42. The molecule has 0 saturated carbocycles. The van der Waals surface area contributed by atoms with E-state index in [4.69, 9.17) is 0 Å². The number of halogens is 2. The fraction of sp³-hybridized carbons (Fsp3) is 0.385. The molecule has 0 aliphatic carbocycles. The molecule has 7 heteroatoms. The molecule has 0 unspecified atom stereocenters. The number of amides is 2. The van der Waals surface area contributed by atoms with Gasteiger partial charge in [-0.25, -0.2) is 8.78 Å². The van der Waals surface area contributed by atoms with Gasteiger partial charge in [0.2, 0.25) is 0 Å². The van der Waals surface area contributed by atoms with E-state index < -0.39 is 23.4 Å². The van der Waals surface area contributed by atoms with E-state index in [0.29, 0.717) is 12.6 Å². The van der Waals surface area contributed by atoms with Gasteiger partial charge in [0.15, 0.2) is 0 Å². The topological polar surface area (TPSA) is 58.2 Å². The van der Waals surface area contributed by atoms with Crippen molar-refractivity contribution in [2.24, 2.45) is 0 Å². The van der Waals surface area contributed by atoms with Crippen molar-refractivity contribution in [3.63, 3.8) is 0 Å². The number of carbonyl (C=O) groups excluding carboxylic acids is 2. The lowest BCUT2D eigenvalue weighted by Crippen LogP contribution is -2.36. The highest BCUT2D eigenvalue weighted by Crippen LogP contribution is 2.12. The zero-order chi connectivity index (χ0) is 15.0. The molecule has 0 spiro atoms. The first-order valence-corrected chi connectivity index (χ1v) is 7.46.